The molecule has 1 aromatic heterocycles. The maximum Gasteiger partial charge on any atom is 0.292 e. The lowest BCUT2D eigenvalue weighted by molar-refractivity contribution is 0.0601. The zero-order chi connectivity index (χ0) is 14.8. The molecule has 0 radical (unpaired) electrons. The lowest BCUT2D eigenvalue weighted by atomic mass is 10.0. The van der Waals surface area contributed by atoms with Crippen molar-refractivity contribution >= 4 is 17.5 Å². The van der Waals surface area contributed by atoms with Crippen molar-refractivity contribution in [3.63, 3.8) is 0 Å². The van der Waals surface area contributed by atoms with Crippen molar-refractivity contribution in [2.45, 2.75) is 13.0 Å². The van der Waals surface area contributed by atoms with Gasteiger partial charge in [-0.3, -0.25) is 4.79 Å². The average Bonchev–Trinajstić information content (AvgIpc) is 2.93. The van der Waals surface area contributed by atoms with Gasteiger partial charge in [0, 0.05) is 24.7 Å². The fourth-order valence-corrected chi connectivity index (χ4v) is 2.87. The van der Waals surface area contributed by atoms with Gasteiger partial charge in [0.05, 0.1) is 11.7 Å². The first-order chi connectivity index (χ1) is 10.2. The zero-order valence-electron chi connectivity index (χ0n) is 11.7. The maximum absolute atomic E-state index is 12.7. The molecule has 110 valence electrons. The number of rotatable bonds is 2. The maximum atomic E-state index is 12.7. The van der Waals surface area contributed by atoms with Gasteiger partial charge >= 0.3 is 0 Å². The molecule has 1 amide bonds. The van der Waals surface area contributed by atoms with Crippen LogP contribution in [0.2, 0.25) is 5.02 Å². The van der Waals surface area contributed by atoms with Crippen molar-refractivity contribution in [1.82, 2.24) is 15.2 Å². The molecule has 1 unspecified atom stereocenters. The van der Waals surface area contributed by atoms with Gasteiger partial charge in [-0.15, -0.1) is 0 Å². The van der Waals surface area contributed by atoms with Crippen LogP contribution < -0.4 is 5.32 Å². The van der Waals surface area contributed by atoms with Crippen LogP contribution in [0.15, 0.2) is 35.1 Å². The number of nitrogens with zero attached hydrogens (tertiary/aromatic N) is 2. The van der Waals surface area contributed by atoms with E-state index in [1.54, 1.807) is 11.8 Å². The Morgan fingerprint density at radius 1 is 1.48 bits per heavy atom. The standard InChI is InChI=1S/C15H16ClN3O2/c1-10-14(21-9-18-10)15(20)19-7-6-17-8-13(19)11-4-2-3-5-12(11)16/h2-5,9,13,17H,6-8H2,1H3. The SMILES string of the molecule is Cc1ncoc1C(=O)N1CCNCC1c1ccccc1Cl. The second-order valence-corrected chi connectivity index (χ2v) is 5.41. The highest BCUT2D eigenvalue weighted by Gasteiger charge is 2.32. The molecule has 1 aliphatic heterocycles. The van der Waals surface area contributed by atoms with Gasteiger partial charge in [-0.2, -0.15) is 0 Å². The van der Waals surface area contributed by atoms with Crippen LogP contribution in [0.25, 0.3) is 0 Å². The van der Waals surface area contributed by atoms with E-state index in [-0.39, 0.29) is 11.9 Å². The molecule has 0 bridgehead atoms. The second kappa shape index (κ2) is 5.87. The van der Waals surface area contributed by atoms with Gasteiger partial charge in [0.15, 0.2) is 6.39 Å². The van der Waals surface area contributed by atoms with Gasteiger partial charge in [-0.1, -0.05) is 29.8 Å². The van der Waals surface area contributed by atoms with Gasteiger partial charge in [0.2, 0.25) is 5.76 Å². The van der Waals surface area contributed by atoms with Crippen molar-refractivity contribution in [1.29, 1.82) is 0 Å². The van der Waals surface area contributed by atoms with Crippen LogP contribution in [0.4, 0.5) is 0 Å². The first kappa shape index (κ1) is 14.1. The molecule has 1 atom stereocenters. The summed E-state index contributed by atoms with van der Waals surface area (Å²) in [7, 11) is 0. The Balaban J connectivity index is 1.94. The molecule has 21 heavy (non-hydrogen) atoms. The highest BCUT2D eigenvalue weighted by molar-refractivity contribution is 6.31. The molecule has 5 nitrogen and oxygen atoms in total. The first-order valence-electron chi connectivity index (χ1n) is 6.84. The van der Waals surface area contributed by atoms with Crippen LogP contribution in [0, 0.1) is 6.92 Å². The number of oxazole rings is 1. The molecular formula is C15H16ClN3O2. The van der Waals surface area contributed by atoms with Crippen molar-refractivity contribution in [2.24, 2.45) is 0 Å². The largest absolute Gasteiger partial charge is 0.438 e. The highest BCUT2D eigenvalue weighted by atomic mass is 35.5. The van der Waals surface area contributed by atoms with E-state index in [0.717, 1.165) is 12.1 Å². The third-order valence-corrected chi connectivity index (χ3v) is 4.05. The number of carbonyl (C=O) groups excluding carboxylic acids is 1. The normalized spacial score (nSPS) is 18.8. The number of aromatic nitrogens is 1. The molecule has 2 aromatic rings. The molecule has 0 saturated carbocycles. The number of benzene rings is 1. The van der Waals surface area contributed by atoms with Crippen molar-refractivity contribution in [3.8, 4) is 0 Å². The number of aryl methyl sites for hydroxylation is 1. The van der Waals surface area contributed by atoms with E-state index in [2.05, 4.69) is 10.3 Å². The van der Waals surface area contributed by atoms with Crippen molar-refractivity contribution in [3.05, 3.63) is 52.7 Å². The third-order valence-electron chi connectivity index (χ3n) is 3.71. The lowest BCUT2D eigenvalue weighted by Gasteiger charge is -2.36. The van der Waals surface area contributed by atoms with Gasteiger partial charge < -0.3 is 14.6 Å². The first-order valence-corrected chi connectivity index (χ1v) is 7.22. The van der Waals surface area contributed by atoms with E-state index < -0.39 is 0 Å². The summed E-state index contributed by atoms with van der Waals surface area (Å²) in [5, 5.41) is 3.97. The molecule has 1 aromatic carbocycles. The smallest absolute Gasteiger partial charge is 0.292 e. The van der Waals surface area contributed by atoms with Crippen LogP contribution in [-0.2, 0) is 0 Å². The number of nitrogens with one attached hydrogen (secondary N) is 1. The summed E-state index contributed by atoms with van der Waals surface area (Å²) in [6.45, 7) is 3.79. The number of hydrogen-bond acceptors (Lipinski definition) is 4. The fraction of sp³-hybridized carbons (Fsp3) is 0.333. The molecular weight excluding hydrogens is 290 g/mol. The number of carbonyl (C=O) groups is 1. The Labute approximate surface area is 127 Å². The van der Waals surface area contributed by atoms with Crippen LogP contribution in [0.1, 0.15) is 27.9 Å². The van der Waals surface area contributed by atoms with E-state index in [9.17, 15) is 4.79 Å². The van der Waals surface area contributed by atoms with Gasteiger partial charge in [0.25, 0.3) is 5.91 Å². The fourth-order valence-electron chi connectivity index (χ4n) is 2.61. The molecule has 1 N–H and O–H groups in total. The van der Waals surface area contributed by atoms with Crippen molar-refractivity contribution < 1.29 is 9.21 Å². The predicted octanol–water partition coefficient (Wildman–Crippen LogP) is 2.42. The summed E-state index contributed by atoms with van der Waals surface area (Å²) in [6.07, 6.45) is 1.30. The topological polar surface area (TPSA) is 58.4 Å². The summed E-state index contributed by atoms with van der Waals surface area (Å²) in [5.41, 5.74) is 1.55. The van der Waals surface area contributed by atoms with Crippen LogP contribution >= 0.6 is 11.6 Å². The van der Waals surface area contributed by atoms with E-state index in [4.69, 9.17) is 16.0 Å². The lowest BCUT2D eigenvalue weighted by Crippen LogP contribution is -2.48. The molecule has 2 heterocycles. The van der Waals surface area contributed by atoms with E-state index in [1.807, 2.05) is 24.3 Å². The van der Waals surface area contributed by atoms with E-state index in [0.29, 0.717) is 29.6 Å². The number of hydrogen-bond donors (Lipinski definition) is 1. The Morgan fingerprint density at radius 2 is 2.29 bits per heavy atom. The van der Waals surface area contributed by atoms with Crippen LogP contribution in [0.3, 0.4) is 0 Å². The van der Waals surface area contributed by atoms with Gasteiger partial charge in [0.1, 0.15) is 0 Å². The predicted molar refractivity (Wildman–Crippen MR) is 79.3 cm³/mol. The summed E-state index contributed by atoms with van der Waals surface area (Å²) in [4.78, 5) is 18.5. The van der Waals surface area contributed by atoms with Crippen LogP contribution in [-0.4, -0.2) is 35.4 Å². The highest BCUT2D eigenvalue weighted by Crippen LogP contribution is 2.29. The molecule has 1 fully saturated rings. The Hall–Kier alpha value is -1.85. The Kier molecular flexibility index (Phi) is 3.94. The monoisotopic (exact) mass is 305 g/mol. The molecule has 3 rings (SSSR count). The Bertz CT molecular complexity index is 656. The summed E-state index contributed by atoms with van der Waals surface area (Å²) >= 11 is 6.28. The van der Waals surface area contributed by atoms with Gasteiger partial charge in [-0.25, -0.2) is 4.98 Å². The average molecular weight is 306 g/mol. The molecule has 0 aliphatic carbocycles. The summed E-state index contributed by atoms with van der Waals surface area (Å²) in [5.74, 6) is 0.158. The number of halogens is 1. The molecule has 1 saturated heterocycles. The molecule has 1 aliphatic rings. The minimum atomic E-state index is -0.142. The third kappa shape index (κ3) is 2.66. The van der Waals surface area contributed by atoms with E-state index in [1.165, 1.54) is 6.39 Å². The Morgan fingerprint density at radius 3 is 3.00 bits per heavy atom. The molecule has 0 spiro atoms. The summed E-state index contributed by atoms with van der Waals surface area (Å²) < 4.78 is 5.24. The molecule has 6 heteroatoms. The second-order valence-electron chi connectivity index (χ2n) is 5.01. The number of amides is 1. The minimum Gasteiger partial charge on any atom is -0.438 e. The van der Waals surface area contributed by atoms with Crippen molar-refractivity contribution in [2.75, 3.05) is 19.6 Å². The zero-order valence-corrected chi connectivity index (χ0v) is 12.4. The van der Waals surface area contributed by atoms with Gasteiger partial charge in [-0.05, 0) is 18.6 Å². The van der Waals surface area contributed by atoms with Crippen LogP contribution in [0.5, 0.6) is 0 Å². The number of piperazine rings is 1. The summed E-state index contributed by atoms with van der Waals surface area (Å²) in [6, 6.07) is 7.50. The minimum absolute atomic E-state index is 0.107. The quantitative estimate of drug-likeness (QED) is 0.926. The van der Waals surface area contributed by atoms with E-state index >= 15 is 0 Å².